The first kappa shape index (κ1) is 15.4. The van der Waals surface area contributed by atoms with E-state index in [-0.39, 0.29) is 0 Å². The van der Waals surface area contributed by atoms with Gasteiger partial charge in [0.15, 0.2) is 15.0 Å². The molecule has 0 bridgehead atoms. The second-order valence-electron chi connectivity index (χ2n) is 5.55. The highest BCUT2D eigenvalue weighted by molar-refractivity contribution is 8.14. The van der Waals surface area contributed by atoms with Gasteiger partial charge in [-0.15, -0.1) is 0 Å². The van der Waals surface area contributed by atoms with Crippen LogP contribution >= 0.6 is 11.8 Å². The maximum absolute atomic E-state index is 11.7. The second-order valence-corrected chi connectivity index (χ2v) is 9.39. The van der Waals surface area contributed by atoms with Crippen molar-refractivity contribution in [1.29, 1.82) is 0 Å². The van der Waals surface area contributed by atoms with Crippen LogP contribution in [0.25, 0.3) is 0 Å². The molecule has 4 nitrogen and oxygen atoms in total. The van der Waals surface area contributed by atoms with Gasteiger partial charge in [-0.3, -0.25) is 4.99 Å². The third-order valence-corrected chi connectivity index (χ3v) is 6.85. The summed E-state index contributed by atoms with van der Waals surface area (Å²) >= 11 is 1.66. The van der Waals surface area contributed by atoms with E-state index in [0.717, 1.165) is 11.7 Å². The fourth-order valence-electron chi connectivity index (χ4n) is 1.73. The Hall–Kier alpha value is -1.01. The second kappa shape index (κ2) is 5.77. The Morgan fingerprint density at radius 2 is 2.00 bits per heavy atom. The summed E-state index contributed by atoms with van der Waals surface area (Å²) in [7, 11) is -3.09. The summed E-state index contributed by atoms with van der Waals surface area (Å²) in [6.45, 7) is 4.56. The topological polar surface area (TPSA) is 58.5 Å². The first-order chi connectivity index (χ1) is 9.29. The number of thioether (sulfide) groups is 1. The molecule has 0 fully saturated rings. The Balaban J connectivity index is 1.92. The minimum absolute atomic E-state index is 0.319. The quantitative estimate of drug-likeness (QED) is 0.926. The third kappa shape index (κ3) is 3.55. The molecule has 1 heterocycles. The molecule has 6 heteroatoms. The zero-order valence-corrected chi connectivity index (χ0v) is 13.6. The molecule has 0 aromatic heterocycles. The molecule has 20 heavy (non-hydrogen) atoms. The van der Waals surface area contributed by atoms with E-state index < -0.39 is 14.6 Å². The van der Waals surface area contributed by atoms with Gasteiger partial charge in [0.25, 0.3) is 0 Å². The van der Waals surface area contributed by atoms with E-state index in [9.17, 15) is 8.42 Å². The van der Waals surface area contributed by atoms with Gasteiger partial charge in [0, 0.05) is 12.8 Å². The Kier molecular flexibility index (Phi) is 4.44. The molecule has 1 unspecified atom stereocenters. The Labute approximate surface area is 125 Å². The van der Waals surface area contributed by atoms with Crippen LogP contribution < -0.4 is 5.32 Å². The van der Waals surface area contributed by atoms with Crippen LogP contribution in [-0.2, 0) is 9.84 Å². The summed E-state index contributed by atoms with van der Waals surface area (Å²) in [6, 6.07) is 10.2. The van der Waals surface area contributed by atoms with E-state index in [1.165, 1.54) is 11.8 Å². The fraction of sp³-hybridized carbons (Fsp3) is 0.500. The van der Waals surface area contributed by atoms with Crippen LogP contribution in [-0.4, -0.2) is 37.7 Å². The maximum Gasteiger partial charge on any atom is 0.157 e. The van der Waals surface area contributed by atoms with Crippen molar-refractivity contribution in [2.24, 2.45) is 4.99 Å². The highest BCUT2D eigenvalue weighted by Gasteiger charge is 2.31. The molecule has 1 aromatic carbocycles. The predicted octanol–water partition coefficient (Wildman–Crippen LogP) is 2.24. The van der Waals surface area contributed by atoms with E-state index in [2.05, 4.69) is 22.4 Å². The lowest BCUT2D eigenvalue weighted by Crippen LogP contribution is -2.42. The summed E-state index contributed by atoms with van der Waals surface area (Å²) in [6.07, 6.45) is 1.27. The molecular weight excluding hydrogens is 292 g/mol. The van der Waals surface area contributed by atoms with Gasteiger partial charge in [0.1, 0.15) is 0 Å². The smallest absolute Gasteiger partial charge is 0.157 e. The number of benzene rings is 1. The molecule has 0 spiro atoms. The molecule has 110 valence electrons. The van der Waals surface area contributed by atoms with Crippen LogP contribution in [0.2, 0.25) is 0 Å². The number of nitrogens with zero attached hydrogens (tertiary/aromatic N) is 1. The fourth-order valence-corrected chi connectivity index (χ4v) is 3.08. The average molecular weight is 312 g/mol. The van der Waals surface area contributed by atoms with Crippen molar-refractivity contribution in [3.8, 4) is 0 Å². The lowest BCUT2D eigenvalue weighted by molar-refractivity contribution is 0.547. The first-order valence-corrected chi connectivity index (χ1v) is 9.26. The number of sulfone groups is 1. The predicted molar refractivity (Wildman–Crippen MR) is 86.0 cm³/mol. The Bertz CT molecular complexity index is 595. The number of nitrogens with one attached hydrogen (secondary N) is 1. The number of hydrogen-bond donors (Lipinski definition) is 1. The van der Waals surface area contributed by atoms with E-state index in [0.29, 0.717) is 11.8 Å². The number of hydrogen-bond acceptors (Lipinski definition) is 5. The van der Waals surface area contributed by atoms with Crippen LogP contribution in [0.1, 0.15) is 24.7 Å². The normalized spacial score (nSPS) is 19.8. The van der Waals surface area contributed by atoms with Gasteiger partial charge in [-0.05, 0) is 19.4 Å². The highest BCUT2D eigenvalue weighted by atomic mass is 32.2. The van der Waals surface area contributed by atoms with Crippen molar-refractivity contribution >= 4 is 26.8 Å². The highest BCUT2D eigenvalue weighted by Crippen LogP contribution is 2.34. The van der Waals surface area contributed by atoms with Crippen molar-refractivity contribution in [2.45, 2.75) is 23.8 Å². The Morgan fingerprint density at radius 1 is 1.35 bits per heavy atom. The van der Waals surface area contributed by atoms with Gasteiger partial charge in [0.05, 0.1) is 16.5 Å². The molecule has 1 N–H and O–H groups in total. The minimum Gasteiger partial charge on any atom is -0.363 e. The molecule has 0 amide bonds. The molecule has 0 saturated heterocycles. The largest absolute Gasteiger partial charge is 0.363 e. The van der Waals surface area contributed by atoms with Crippen LogP contribution in [0.3, 0.4) is 0 Å². The summed E-state index contributed by atoms with van der Waals surface area (Å²) in [5, 5.41) is 4.31. The van der Waals surface area contributed by atoms with E-state index in [1.54, 1.807) is 25.6 Å². The van der Waals surface area contributed by atoms with E-state index in [1.807, 2.05) is 18.2 Å². The standard InChI is InChI=1S/C14H20N2O2S2/c1-14(2,20(3,17)18)10-16-13-15-9-12(19-13)11-7-5-4-6-8-11/h4-8,12H,9-10H2,1-3H3,(H,15,16). The summed E-state index contributed by atoms with van der Waals surface area (Å²) in [5.74, 6) is 0. The number of aliphatic imine (C=N–C) groups is 1. The van der Waals surface area contributed by atoms with Crippen LogP contribution in [0.5, 0.6) is 0 Å². The van der Waals surface area contributed by atoms with Gasteiger partial charge in [-0.25, -0.2) is 8.42 Å². The van der Waals surface area contributed by atoms with Crippen molar-refractivity contribution < 1.29 is 8.42 Å². The van der Waals surface area contributed by atoms with Gasteiger partial charge in [-0.2, -0.15) is 0 Å². The summed E-state index contributed by atoms with van der Waals surface area (Å²) in [4.78, 5) is 4.45. The minimum atomic E-state index is -3.09. The lowest BCUT2D eigenvalue weighted by atomic mass is 10.1. The zero-order valence-electron chi connectivity index (χ0n) is 12.0. The maximum atomic E-state index is 11.7. The molecule has 1 aromatic rings. The van der Waals surface area contributed by atoms with Crippen LogP contribution in [0.15, 0.2) is 35.3 Å². The van der Waals surface area contributed by atoms with Gasteiger partial charge >= 0.3 is 0 Å². The third-order valence-electron chi connectivity index (χ3n) is 3.50. The van der Waals surface area contributed by atoms with Gasteiger partial charge < -0.3 is 5.32 Å². The monoisotopic (exact) mass is 312 g/mol. The molecule has 2 rings (SSSR count). The first-order valence-electron chi connectivity index (χ1n) is 6.49. The molecule has 0 saturated carbocycles. The van der Waals surface area contributed by atoms with Gasteiger partial charge in [-0.1, -0.05) is 42.1 Å². The van der Waals surface area contributed by atoms with Crippen LogP contribution in [0.4, 0.5) is 0 Å². The van der Waals surface area contributed by atoms with E-state index in [4.69, 9.17) is 0 Å². The number of rotatable bonds is 4. The lowest BCUT2D eigenvalue weighted by Gasteiger charge is -2.23. The van der Waals surface area contributed by atoms with Crippen molar-refractivity contribution in [2.75, 3.05) is 19.3 Å². The Morgan fingerprint density at radius 3 is 2.60 bits per heavy atom. The number of amidine groups is 1. The SMILES string of the molecule is CC(C)(CNC1=NCC(c2ccccc2)S1)S(C)(=O)=O. The molecule has 1 aliphatic rings. The molecule has 0 aliphatic carbocycles. The van der Waals surface area contributed by atoms with Crippen molar-refractivity contribution in [3.05, 3.63) is 35.9 Å². The molecule has 1 atom stereocenters. The summed E-state index contributed by atoms with van der Waals surface area (Å²) < 4.78 is 22.5. The van der Waals surface area contributed by atoms with Gasteiger partial charge in [0.2, 0.25) is 0 Å². The summed E-state index contributed by atoms with van der Waals surface area (Å²) in [5.41, 5.74) is 1.25. The van der Waals surface area contributed by atoms with Crippen LogP contribution in [0, 0.1) is 0 Å². The molecular formula is C14H20N2O2S2. The molecule has 1 aliphatic heterocycles. The van der Waals surface area contributed by atoms with E-state index >= 15 is 0 Å². The van der Waals surface area contributed by atoms with Crippen molar-refractivity contribution in [1.82, 2.24) is 5.32 Å². The molecule has 0 radical (unpaired) electrons. The average Bonchev–Trinajstić information content (AvgIpc) is 2.85. The van der Waals surface area contributed by atoms with Crippen molar-refractivity contribution in [3.63, 3.8) is 0 Å². The zero-order chi connectivity index (χ0) is 14.8.